The van der Waals surface area contributed by atoms with Gasteiger partial charge in [-0.15, -0.1) is 0 Å². The maximum absolute atomic E-state index is 12.8. The summed E-state index contributed by atoms with van der Waals surface area (Å²) in [5.41, 5.74) is 0.690. The van der Waals surface area contributed by atoms with Gasteiger partial charge >= 0.3 is 0 Å². The molecular formula is C20H22N6O2. The molecule has 4 rings (SSSR count). The summed E-state index contributed by atoms with van der Waals surface area (Å²) >= 11 is 0. The lowest BCUT2D eigenvalue weighted by Crippen LogP contribution is -2.41. The molecule has 1 saturated heterocycles. The Bertz CT molecular complexity index is 943. The normalized spacial score (nSPS) is 16.6. The first-order chi connectivity index (χ1) is 13.7. The number of aromatic nitrogens is 4. The van der Waals surface area contributed by atoms with Crippen molar-refractivity contribution in [1.82, 2.24) is 19.7 Å². The fourth-order valence-corrected chi connectivity index (χ4v) is 3.42. The zero-order valence-corrected chi connectivity index (χ0v) is 15.7. The van der Waals surface area contributed by atoms with Gasteiger partial charge in [-0.05, 0) is 31.0 Å². The molecule has 144 valence electrons. The number of nitrogens with one attached hydrogen (secondary N) is 1. The summed E-state index contributed by atoms with van der Waals surface area (Å²) in [6.07, 6.45) is 6.84. The number of methoxy groups -OCH3 is 1. The number of hydrogen-bond acceptors (Lipinski definition) is 6. The number of benzene rings is 1. The topological polar surface area (TPSA) is 85.2 Å². The molecule has 1 aromatic carbocycles. The summed E-state index contributed by atoms with van der Waals surface area (Å²) in [6, 6.07) is 11.2. The Hall–Kier alpha value is -3.42. The van der Waals surface area contributed by atoms with Crippen molar-refractivity contribution < 1.29 is 9.53 Å². The van der Waals surface area contributed by atoms with Crippen molar-refractivity contribution in [3.63, 3.8) is 0 Å². The number of amides is 1. The Morgan fingerprint density at radius 3 is 2.89 bits per heavy atom. The Balaban J connectivity index is 1.47. The monoisotopic (exact) mass is 378 g/mol. The lowest BCUT2D eigenvalue weighted by Gasteiger charge is -2.33. The van der Waals surface area contributed by atoms with Gasteiger partial charge in [-0.2, -0.15) is 5.10 Å². The predicted octanol–water partition coefficient (Wildman–Crippen LogP) is 2.53. The van der Waals surface area contributed by atoms with Crippen LogP contribution in [0.1, 0.15) is 12.8 Å². The van der Waals surface area contributed by atoms with Crippen molar-refractivity contribution >= 4 is 17.4 Å². The molecule has 8 nitrogen and oxygen atoms in total. The number of rotatable bonds is 5. The van der Waals surface area contributed by atoms with Crippen LogP contribution in [0.3, 0.4) is 0 Å². The first-order valence-corrected chi connectivity index (χ1v) is 9.25. The molecule has 0 aliphatic carbocycles. The maximum atomic E-state index is 12.8. The maximum Gasteiger partial charge on any atom is 0.229 e. The number of piperidine rings is 1. The third-order valence-corrected chi connectivity index (χ3v) is 4.86. The van der Waals surface area contributed by atoms with Crippen LogP contribution in [0.25, 0.3) is 5.82 Å². The molecule has 1 N–H and O–H groups in total. The van der Waals surface area contributed by atoms with Crippen LogP contribution in [0.5, 0.6) is 5.75 Å². The Kier molecular flexibility index (Phi) is 5.18. The van der Waals surface area contributed by atoms with Crippen molar-refractivity contribution in [1.29, 1.82) is 0 Å². The summed E-state index contributed by atoms with van der Waals surface area (Å²) in [5, 5.41) is 7.21. The molecular weight excluding hydrogens is 356 g/mol. The Morgan fingerprint density at radius 1 is 1.21 bits per heavy atom. The van der Waals surface area contributed by atoms with E-state index in [4.69, 9.17) is 4.74 Å². The molecule has 1 fully saturated rings. The van der Waals surface area contributed by atoms with Crippen molar-refractivity contribution in [3.8, 4) is 11.6 Å². The van der Waals surface area contributed by atoms with E-state index in [2.05, 4.69) is 25.3 Å². The van der Waals surface area contributed by atoms with E-state index in [-0.39, 0.29) is 11.8 Å². The second kappa shape index (κ2) is 8.08. The smallest absolute Gasteiger partial charge is 0.229 e. The third kappa shape index (κ3) is 3.80. The molecule has 1 atom stereocenters. The molecule has 28 heavy (non-hydrogen) atoms. The number of carbonyl (C=O) groups is 1. The van der Waals surface area contributed by atoms with E-state index in [0.717, 1.165) is 25.2 Å². The highest BCUT2D eigenvalue weighted by atomic mass is 16.5. The number of para-hydroxylation sites is 2. The van der Waals surface area contributed by atoms with Crippen LogP contribution < -0.4 is 15.0 Å². The van der Waals surface area contributed by atoms with Gasteiger partial charge in [-0.1, -0.05) is 12.1 Å². The molecule has 1 aliphatic heterocycles. The minimum Gasteiger partial charge on any atom is -0.495 e. The second-order valence-electron chi connectivity index (χ2n) is 6.66. The SMILES string of the molecule is COc1ccccc1NC(=O)C1CCCN(c2cc(-n3cccn3)ncn2)C1. The number of ether oxygens (including phenoxy) is 1. The molecule has 3 aromatic rings. The fraction of sp³-hybridized carbons (Fsp3) is 0.300. The third-order valence-electron chi connectivity index (χ3n) is 4.86. The van der Waals surface area contributed by atoms with Crippen LogP contribution in [0.4, 0.5) is 11.5 Å². The average molecular weight is 378 g/mol. The standard InChI is InChI=1S/C20H22N6O2/c1-28-17-8-3-2-7-16(17)24-20(27)15-6-4-10-25(13-15)18-12-19(22-14-21-18)26-11-5-9-23-26/h2-3,5,7-9,11-12,14-15H,4,6,10,13H2,1H3,(H,24,27). The van der Waals surface area contributed by atoms with Gasteiger partial charge in [0.2, 0.25) is 5.91 Å². The summed E-state index contributed by atoms with van der Waals surface area (Å²) in [7, 11) is 1.60. The number of anilines is 2. The van der Waals surface area contributed by atoms with Gasteiger partial charge in [0.15, 0.2) is 5.82 Å². The fourth-order valence-electron chi connectivity index (χ4n) is 3.42. The van der Waals surface area contributed by atoms with Crippen LogP contribution in [0, 0.1) is 5.92 Å². The number of hydrogen-bond donors (Lipinski definition) is 1. The van der Waals surface area contributed by atoms with Gasteiger partial charge in [0.25, 0.3) is 0 Å². The highest BCUT2D eigenvalue weighted by Gasteiger charge is 2.27. The summed E-state index contributed by atoms with van der Waals surface area (Å²) in [4.78, 5) is 23.6. The minimum absolute atomic E-state index is 0.00411. The Morgan fingerprint density at radius 2 is 2.07 bits per heavy atom. The lowest BCUT2D eigenvalue weighted by molar-refractivity contribution is -0.120. The van der Waals surface area contributed by atoms with Gasteiger partial charge in [0, 0.05) is 31.5 Å². The zero-order chi connectivity index (χ0) is 19.3. The summed E-state index contributed by atoms with van der Waals surface area (Å²) in [5.74, 6) is 2.03. The van der Waals surface area contributed by atoms with Crippen LogP contribution in [0.15, 0.2) is 55.1 Å². The zero-order valence-electron chi connectivity index (χ0n) is 15.7. The Labute approximate surface area is 163 Å². The number of nitrogens with zero attached hydrogens (tertiary/aromatic N) is 5. The van der Waals surface area contributed by atoms with Crippen LogP contribution in [-0.2, 0) is 4.79 Å². The van der Waals surface area contributed by atoms with Crippen molar-refractivity contribution in [3.05, 3.63) is 55.1 Å². The summed E-state index contributed by atoms with van der Waals surface area (Å²) < 4.78 is 7.02. The van der Waals surface area contributed by atoms with E-state index < -0.39 is 0 Å². The largest absolute Gasteiger partial charge is 0.495 e. The van der Waals surface area contributed by atoms with E-state index in [1.54, 1.807) is 18.0 Å². The van der Waals surface area contributed by atoms with Gasteiger partial charge in [0.05, 0.1) is 18.7 Å². The molecule has 8 heteroatoms. The van der Waals surface area contributed by atoms with Crippen LogP contribution in [-0.4, -0.2) is 45.9 Å². The molecule has 0 saturated carbocycles. The molecule has 0 radical (unpaired) electrons. The predicted molar refractivity (Wildman–Crippen MR) is 106 cm³/mol. The number of carbonyl (C=O) groups excluding carboxylic acids is 1. The van der Waals surface area contributed by atoms with Gasteiger partial charge < -0.3 is 15.0 Å². The molecule has 2 aromatic heterocycles. The first kappa shape index (κ1) is 18.0. The first-order valence-electron chi connectivity index (χ1n) is 9.25. The second-order valence-corrected chi connectivity index (χ2v) is 6.66. The molecule has 1 aliphatic rings. The van der Waals surface area contributed by atoms with E-state index >= 15 is 0 Å². The average Bonchev–Trinajstić information content (AvgIpc) is 3.29. The highest BCUT2D eigenvalue weighted by Crippen LogP contribution is 2.27. The van der Waals surface area contributed by atoms with E-state index in [1.165, 1.54) is 6.33 Å². The van der Waals surface area contributed by atoms with Crippen molar-refractivity contribution in [2.24, 2.45) is 5.92 Å². The summed E-state index contributed by atoms with van der Waals surface area (Å²) in [6.45, 7) is 1.46. The quantitative estimate of drug-likeness (QED) is 0.734. The molecule has 1 amide bonds. The lowest BCUT2D eigenvalue weighted by atomic mass is 9.97. The van der Waals surface area contributed by atoms with E-state index in [1.807, 2.05) is 42.6 Å². The molecule has 3 heterocycles. The molecule has 0 spiro atoms. The van der Waals surface area contributed by atoms with Crippen LogP contribution >= 0.6 is 0 Å². The van der Waals surface area contributed by atoms with Gasteiger partial charge in [-0.25, -0.2) is 14.6 Å². The van der Waals surface area contributed by atoms with Crippen LogP contribution in [0.2, 0.25) is 0 Å². The van der Waals surface area contributed by atoms with Gasteiger partial charge in [0.1, 0.15) is 17.9 Å². The van der Waals surface area contributed by atoms with E-state index in [9.17, 15) is 4.79 Å². The molecule has 1 unspecified atom stereocenters. The van der Waals surface area contributed by atoms with Crippen molar-refractivity contribution in [2.45, 2.75) is 12.8 Å². The van der Waals surface area contributed by atoms with Gasteiger partial charge in [-0.3, -0.25) is 4.79 Å². The van der Waals surface area contributed by atoms with E-state index in [0.29, 0.717) is 23.8 Å². The van der Waals surface area contributed by atoms with Crippen molar-refractivity contribution in [2.75, 3.05) is 30.4 Å². The minimum atomic E-state index is -0.123. The molecule has 0 bridgehead atoms. The highest BCUT2D eigenvalue weighted by molar-refractivity contribution is 5.94.